The van der Waals surface area contributed by atoms with E-state index in [4.69, 9.17) is 4.74 Å². The summed E-state index contributed by atoms with van der Waals surface area (Å²) in [5.41, 5.74) is 1.56. The van der Waals surface area contributed by atoms with Gasteiger partial charge in [-0.05, 0) is 25.0 Å². The Balaban J connectivity index is 2.34. The molecule has 0 aliphatic carbocycles. The van der Waals surface area contributed by atoms with Crippen LogP contribution in [0.25, 0.3) is 0 Å². The Kier molecular flexibility index (Phi) is 5.91. The second-order valence-corrected chi connectivity index (χ2v) is 4.04. The molecule has 0 fully saturated rings. The summed E-state index contributed by atoms with van der Waals surface area (Å²) in [5.74, 6) is -0.432. The smallest absolute Gasteiger partial charge is 0.307 e. The number of nitrogens with one attached hydrogen (secondary N) is 1. The fourth-order valence-electron chi connectivity index (χ4n) is 1.49. The summed E-state index contributed by atoms with van der Waals surface area (Å²) in [5, 5.41) is 2.71. The van der Waals surface area contributed by atoms with Crippen LogP contribution in [0, 0.1) is 6.92 Å². The number of aryl methyl sites for hydroxylation is 1. The van der Waals surface area contributed by atoms with E-state index < -0.39 is 0 Å². The van der Waals surface area contributed by atoms with E-state index in [0.29, 0.717) is 18.7 Å². The lowest BCUT2D eigenvalue weighted by molar-refractivity contribution is -0.143. The third-order valence-electron chi connectivity index (χ3n) is 2.47. The molecule has 0 aliphatic rings. The molecule has 1 N–H and O–H groups in total. The van der Waals surface area contributed by atoms with Crippen molar-refractivity contribution < 1.29 is 14.3 Å². The highest BCUT2D eigenvalue weighted by Gasteiger charge is 2.08. The largest absolute Gasteiger partial charge is 0.466 e. The molecular weight excluding hydrogens is 230 g/mol. The summed E-state index contributed by atoms with van der Waals surface area (Å²) in [7, 11) is 0. The summed E-state index contributed by atoms with van der Waals surface area (Å²) in [6.45, 7) is 4.55. The molecule has 1 aromatic carbocycles. The minimum atomic E-state index is -0.276. The average molecular weight is 249 g/mol. The van der Waals surface area contributed by atoms with E-state index in [1.165, 1.54) is 0 Å². The second kappa shape index (κ2) is 7.48. The second-order valence-electron chi connectivity index (χ2n) is 4.04. The molecule has 0 aromatic heterocycles. The van der Waals surface area contributed by atoms with Gasteiger partial charge in [0, 0.05) is 12.1 Å². The van der Waals surface area contributed by atoms with Gasteiger partial charge >= 0.3 is 5.97 Å². The quantitative estimate of drug-likeness (QED) is 0.785. The van der Waals surface area contributed by atoms with E-state index in [1.807, 2.05) is 32.0 Å². The summed E-state index contributed by atoms with van der Waals surface area (Å²) < 4.78 is 4.91. The SMILES string of the molecule is CCCOC(=O)CCNC(=O)c1ccccc1C. The highest BCUT2D eigenvalue weighted by Crippen LogP contribution is 2.06. The number of esters is 1. The first-order chi connectivity index (χ1) is 8.65. The Morgan fingerprint density at radius 3 is 2.67 bits per heavy atom. The zero-order valence-corrected chi connectivity index (χ0v) is 10.9. The highest BCUT2D eigenvalue weighted by atomic mass is 16.5. The summed E-state index contributed by atoms with van der Waals surface area (Å²) in [6, 6.07) is 7.34. The van der Waals surface area contributed by atoms with Crippen LogP contribution in [0.5, 0.6) is 0 Å². The zero-order valence-electron chi connectivity index (χ0n) is 10.9. The minimum Gasteiger partial charge on any atom is -0.466 e. The van der Waals surface area contributed by atoms with Crippen LogP contribution in [0.3, 0.4) is 0 Å². The molecule has 18 heavy (non-hydrogen) atoms. The van der Waals surface area contributed by atoms with Crippen molar-refractivity contribution in [2.75, 3.05) is 13.2 Å². The monoisotopic (exact) mass is 249 g/mol. The Morgan fingerprint density at radius 2 is 2.00 bits per heavy atom. The van der Waals surface area contributed by atoms with Crippen LogP contribution in [-0.4, -0.2) is 25.0 Å². The van der Waals surface area contributed by atoms with Gasteiger partial charge in [0.1, 0.15) is 0 Å². The Hall–Kier alpha value is -1.84. The standard InChI is InChI=1S/C14H19NO3/c1-3-10-18-13(16)8-9-15-14(17)12-7-5-4-6-11(12)2/h4-7H,3,8-10H2,1-2H3,(H,15,17). The maximum atomic E-state index is 11.8. The topological polar surface area (TPSA) is 55.4 Å². The lowest BCUT2D eigenvalue weighted by atomic mass is 10.1. The van der Waals surface area contributed by atoms with Crippen molar-refractivity contribution in [3.8, 4) is 0 Å². The molecule has 0 aliphatic heterocycles. The molecule has 4 nitrogen and oxygen atoms in total. The summed E-state index contributed by atoms with van der Waals surface area (Å²) in [6.07, 6.45) is 1.01. The minimum absolute atomic E-state index is 0.156. The van der Waals surface area contributed by atoms with Gasteiger partial charge in [0.15, 0.2) is 0 Å². The van der Waals surface area contributed by atoms with E-state index in [9.17, 15) is 9.59 Å². The first kappa shape index (κ1) is 14.2. The van der Waals surface area contributed by atoms with Crippen LogP contribution in [-0.2, 0) is 9.53 Å². The third kappa shape index (κ3) is 4.57. The van der Waals surface area contributed by atoms with Crippen LogP contribution >= 0.6 is 0 Å². The van der Waals surface area contributed by atoms with Crippen LogP contribution in [0.4, 0.5) is 0 Å². The number of amides is 1. The van der Waals surface area contributed by atoms with Gasteiger partial charge in [-0.25, -0.2) is 0 Å². The van der Waals surface area contributed by atoms with Gasteiger partial charge in [0.05, 0.1) is 13.0 Å². The van der Waals surface area contributed by atoms with E-state index >= 15 is 0 Å². The van der Waals surface area contributed by atoms with Gasteiger partial charge in [0.25, 0.3) is 5.91 Å². The molecule has 1 amide bonds. The summed E-state index contributed by atoms with van der Waals surface area (Å²) in [4.78, 5) is 23.0. The normalized spacial score (nSPS) is 9.89. The van der Waals surface area contributed by atoms with Crippen molar-refractivity contribution in [2.24, 2.45) is 0 Å². The number of rotatable bonds is 6. The molecule has 0 unspecified atom stereocenters. The van der Waals surface area contributed by atoms with Crippen molar-refractivity contribution in [3.05, 3.63) is 35.4 Å². The summed E-state index contributed by atoms with van der Waals surface area (Å²) >= 11 is 0. The maximum Gasteiger partial charge on any atom is 0.307 e. The fraction of sp³-hybridized carbons (Fsp3) is 0.429. The van der Waals surface area contributed by atoms with Gasteiger partial charge in [0.2, 0.25) is 0 Å². The lowest BCUT2D eigenvalue weighted by Crippen LogP contribution is -2.27. The van der Waals surface area contributed by atoms with E-state index in [1.54, 1.807) is 6.07 Å². The molecule has 0 bridgehead atoms. The lowest BCUT2D eigenvalue weighted by Gasteiger charge is -2.07. The fourth-order valence-corrected chi connectivity index (χ4v) is 1.49. The van der Waals surface area contributed by atoms with Crippen LogP contribution < -0.4 is 5.32 Å². The molecule has 98 valence electrons. The first-order valence-corrected chi connectivity index (χ1v) is 6.14. The van der Waals surface area contributed by atoms with E-state index in [0.717, 1.165) is 12.0 Å². The molecule has 0 atom stereocenters. The molecule has 0 radical (unpaired) electrons. The zero-order chi connectivity index (χ0) is 13.4. The average Bonchev–Trinajstić information content (AvgIpc) is 2.36. The van der Waals surface area contributed by atoms with Crippen molar-refractivity contribution in [1.82, 2.24) is 5.32 Å². The van der Waals surface area contributed by atoms with E-state index in [-0.39, 0.29) is 18.3 Å². The number of benzene rings is 1. The van der Waals surface area contributed by atoms with Crippen molar-refractivity contribution in [1.29, 1.82) is 0 Å². The molecule has 0 saturated carbocycles. The third-order valence-corrected chi connectivity index (χ3v) is 2.47. The molecular formula is C14H19NO3. The number of carbonyl (C=O) groups is 2. The predicted octanol–water partition coefficient (Wildman–Crippen LogP) is 2.07. The van der Waals surface area contributed by atoms with Crippen LogP contribution in [0.2, 0.25) is 0 Å². The maximum absolute atomic E-state index is 11.8. The Bertz CT molecular complexity index is 415. The number of carbonyl (C=O) groups excluding carboxylic acids is 2. The van der Waals surface area contributed by atoms with Crippen molar-refractivity contribution >= 4 is 11.9 Å². The number of hydrogen-bond donors (Lipinski definition) is 1. The van der Waals surface area contributed by atoms with Gasteiger partial charge in [-0.3, -0.25) is 9.59 Å². The van der Waals surface area contributed by atoms with Gasteiger partial charge < -0.3 is 10.1 Å². The first-order valence-electron chi connectivity index (χ1n) is 6.14. The number of ether oxygens (including phenoxy) is 1. The van der Waals surface area contributed by atoms with Gasteiger partial charge in [-0.15, -0.1) is 0 Å². The molecule has 0 heterocycles. The Morgan fingerprint density at radius 1 is 1.28 bits per heavy atom. The van der Waals surface area contributed by atoms with Crippen LogP contribution in [0.15, 0.2) is 24.3 Å². The van der Waals surface area contributed by atoms with Crippen molar-refractivity contribution in [2.45, 2.75) is 26.7 Å². The molecule has 0 saturated heterocycles. The Labute approximate surface area is 107 Å². The van der Waals surface area contributed by atoms with E-state index in [2.05, 4.69) is 5.32 Å². The van der Waals surface area contributed by atoms with Crippen molar-refractivity contribution in [3.63, 3.8) is 0 Å². The highest BCUT2D eigenvalue weighted by molar-refractivity contribution is 5.95. The predicted molar refractivity (Wildman–Crippen MR) is 69.4 cm³/mol. The molecule has 1 aromatic rings. The molecule has 0 spiro atoms. The molecule has 1 rings (SSSR count). The van der Waals surface area contributed by atoms with Gasteiger partial charge in [-0.2, -0.15) is 0 Å². The van der Waals surface area contributed by atoms with Gasteiger partial charge in [-0.1, -0.05) is 25.1 Å². The molecule has 4 heteroatoms. The number of hydrogen-bond acceptors (Lipinski definition) is 3. The van der Waals surface area contributed by atoms with Crippen LogP contribution in [0.1, 0.15) is 35.7 Å².